The average molecular weight is 617 g/mol. The molecule has 7 aromatic carbocycles. The van der Waals surface area contributed by atoms with E-state index in [2.05, 4.69) is 65.2 Å². The highest BCUT2D eigenvalue weighted by atomic mass is 16.2. The average Bonchev–Trinajstić information content (AvgIpc) is 3.63. The first-order valence-corrected chi connectivity index (χ1v) is 16.0. The number of amides is 2. The molecule has 1 aliphatic heterocycles. The monoisotopic (exact) mass is 616 g/mol. The van der Waals surface area contributed by atoms with Gasteiger partial charge in [0.1, 0.15) is 0 Å². The molecule has 0 fully saturated rings. The Bertz CT molecular complexity index is 2420. The molecule has 1 aliphatic rings. The Morgan fingerprint density at radius 2 is 0.812 bits per heavy atom. The maximum absolute atomic E-state index is 14.6. The topological polar surface area (TPSA) is 42.3 Å². The van der Waals surface area contributed by atoms with Crippen LogP contribution in [-0.2, 0) is 0 Å². The summed E-state index contributed by atoms with van der Waals surface area (Å²) < 4.78 is 2.21. The number of carbonyl (C=O) groups excluding carboxylic acids is 2. The molecule has 0 bridgehead atoms. The number of para-hydroxylation sites is 2. The molecule has 0 unspecified atom stereocenters. The molecule has 4 nitrogen and oxygen atoms in total. The molecule has 0 saturated heterocycles. The minimum absolute atomic E-state index is 0.323. The highest BCUT2D eigenvalue weighted by Gasteiger charge is 2.39. The van der Waals surface area contributed by atoms with E-state index in [0.29, 0.717) is 22.5 Å². The van der Waals surface area contributed by atoms with Gasteiger partial charge in [0, 0.05) is 21.9 Å². The number of imide groups is 1. The Morgan fingerprint density at radius 1 is 0.354 bits per heavy atom. The summed E-state index contributed by atoms with van der Waals surface area (Å²) in [5.41, 5.74) is 10.3. The van der Waals surface area contributed by atoms with Gasteiger partial charge in [-0.25, -0.2) is 4.90 Å². The number of nitrogens with zero attached hydrogens (tertiary/aromatic N) is 2. The number of fused-ring (bicyclic) bond motifs is 4. The third-order valence-electron chi connectivity index (χ3n) is 9.35. The Labute approximate surface area is 277 Å². The summed E-state index contributed by atoms with van der Waals surface area (Å²) >= 11 is 0. The van der Waals surface area contributed by atoms with E-state index in [0.717, 1.165) is 55.2 Å². The fraction of sp³-hybridized carbons (Fsp3) is 0. The van der Waals surface area contributed by atoms with E-state index in [1.807, 2.05) is 103 Å². The van der Waals surface area contributed by atoms with Gasteiger partial charge in [-0.2, -0.15) is 0 Å². The van der Waals surface area contributed by atoms with Crippen molar-refractivity contribution >= 4 is 39.3 Å². The molecule has 0 radical (unpaired) electrons. The van der Waals surface area contributed by atoms with Crippen LogP contribution in [0.15, 0.2) is 170 Å². The quantitative estimate of drug-likeness (QED) is 0.181. The summed E-state index contributed by atoms with van der Waals surface area (Å²) in [6, 6.07) is 56.7. The van der Waals surface area contributed by atoms with Crippen molar-refractivity contribution in [3.63, 3.8) is 0 Å². The number of anilines is 1. The second-order valence-corrected chi connectivity index (χ2v) is 12.0. The molecule has 9 rings (SSSR count). The van der Waals surface area contributed by atoms with Gasteiger partial charge in [0.15, 0.2) is 0 Å². The van der Waals surface area contributed by atoms with Crippen LogP contribution >= 0.6 is 0 Å². The standard InChI is InChI=1S/C44H28N2O2/c47-43-38-23-12-24-39(40(38)44(48)45(43)33-27-25-30(26-28-33)29-13-4-1-5-14-29)46-41-34(31-15-6-2-7-16-31)19-10-21-36(41)37-22-11-20-35(42(37)46)32-17-8-3-9-18-32/h1-28H. The van der Waals surface area contributed by atoms with E-state index in [4.69, 9.17) is 0 Å². The van der Waals surface area contributed by atoms with Crippen LogP contribution in [0, 0.1) is 0 Å². The molecular formula is C44H28N2O2. The van der Waals surface area contributed by atoms with Gasteiger partial charge < -0.3 is 4.57 Å². The van der Waals surface area contributed by atoms with E-state index in [9.17, 15) is 9.59 Å². The zero-order valence-corrected chi connectivity index (χ0v) is 25.9. The lowest BCUT2D eigenvalue weighted by Gasteiger charge is -2.17. The number of hydrogen-bond donors (Lipinski definition) is 0. The highest BCUT2D eigenvalue weighted by molar-refractivity contribution is 6.36. The number of hydrogen-bond acceptors (Lipinski definition) is 2. The first-order valence-electron chi connectivity index (χ1n) is 16.0. The molecule has 0 atom stereocenters. The van der Waals surface area contributed by atoms with Crippen LogP contribution in [0.4, 0.5) is 5.69 Å². The van der Waals surface area contributed by atoms with Gasteiger partial charge in [-0.3, -0.25) is 9.59 Å². The summed E-state index contributed by atoms with van der Waals surface area (Å²) in [5, 5.41) is 2.15. The SMILES string of the molecule is O=C1c2cccc(-n3c4c(-c5ccccc5)cccc4c4cccc(-c5ccccc5)c43)c2C(=O)N1c1ccc(-c2ccccc2)cc1. The Balaban J connectivity index is 1.30. The van der Waals surface area contributed by atoms with Gasteiger partial charge in [-0.15, -0.1) is 0 Å². The largest absolute Gasteiger partial charge is 0.307 e. The number of carbonyl (C=O) groups is 2. The summed E-state index contributed by atoms with van der Waals surface area (Å²) in [6.07, 6.45) is 0. The lowest BCUT2D eigenvalue weighted by molar-refractivity contribution is 0.0926. The number of aromatic nitrogens is 1. The highest BCUT2D eigenvalue weighted by Crippen LogP contribution is 2.44. The van der Waals surface area contributed by atoms with Crippen LogP contribution in [0.3, 0.4) is 0 Å². The first-order chi connectivity index (χ1) is 23.7. The van der Waals surface area contributed by atoms with Crippen molar-refractivity contribution in [2.45, 2.75) is 0 Å². The van der Waals surface area contributed by atoms with Gasteiger partial charge in [-0.05, 0) is 46.5 Å². The van der Waals surface area contributed by atoms with Crippen molar-refractivity contribution in [2.24, 2.45) is 0 Å². The van der Waals surface area contributed by atoms with E-state index >= 15 is 0 Å². The predicted molar refractivity (Wildman–Crippen MR) is 195 cm³/mol. The van der Waals surface area contributed by atoms with Crippen LogP contribution in [0.1, 0.15) is 20.7 Å². The molecule has 4 heteroatoms. The smallest absolute Gasteiger partial charge is 0.268 e. The van der Waals surface area contributed by atoms with Gasteiger partial charge in [-0.1, -0.05) is 146 Å². The van der Waals surface area contributed by atoms with E-state index in [-0.39, 0.29) is 11.8 Å². The van der Waals surface area contributed by atoms with E-state index in [1.54, 1.807) is 6.07 Å². The molecule has 2 heterocycles. The molecule has 0 aliphatic carbocycles. The fourth-order valence-corrected chi connectivity index (χ4v) is 7.18. The maximum Gasteiger partial charge on any atom is 0.268 e. The zero-order valence-electron chi connectivity index (χ0n) is 25.9. The lowest BCUT2D eigenvalue weighted by Crippen LogP contribution is -2.29. The molecule has 48 heavy (non-hydrogen) atoms. The van der Waals surface area contributed by atoms with Crippen LogP contribution in [0.5, 0.6) is 0 Å². The summed E-state index contributed by atoms with van der Waals surface area (Å²) in [5.74, 6) is -0.654. The maximum atomic E-state index is 14.6. The lowest BCUT2D eigenvalue weighted by atomic mass is 10.0. The van der Waals surface area contributed by atoms with Crippen molar-refractivity contribution in [3.05, 3.63) is 181 Å². The Morgan fingerprint density at radius 3 is 1.35 bits per heavy atom. The van der Waals surface area contributed by atoms with Crippen LogP contribution < -0.4 is 4.90 Å². The third-order valence-corrected chi connectivity index (χ3v) is 9.35. The van der Waals surface area contributed by atoms with E-state index in [1.165, 1.54) is 4.90 Å². The first kappa shape index (κ1) is 27.8. The summed E-state index contributed by atoms with van der Waals surface area (Å²) in [6.45, 7) is 0. The second kappa shape index (κ2) is 11.1. The molecule has 0 spiro atoms. The molecule has 1 aromatic heterocycles. The minimum atomic E-state index is -0.331. The van der Waals surface area contributed by atoms with Gasteiger partial charge >= 0.3 is 0 Å². The minimum Gasteiger partial charge on any atom is -0.307 e. The van der Waals surface area contributed by atoms with Gasteiger partial charge in [0.2, 0.25) is 0 Å². The van der Waals surface area contributed by atoms with Crippen molar-refractivity contribution < 1.29 is 9.59 Å². The number of benzene rings is 7. The molecular weight excluding hydrogens is 588 g/mol. The van der Waals surface area contributed by atoms with Gasteiger partial charge in [0.05, 0.1) is 33.5 Å². The molecule has 0 N–H and O–H groups in total. The van der Waals surface area contributed by atoms with Crippen molar-refractivity contribution in [3.8, 4) is 39.1 Å². The molecule has 226 valence electrons. The zero-order chi connectivity index (χ0) is 32.2. The van der Waals surface area contributed by atoms with Crippen LogP contribution in [0.25, 0.3) is 60.9 Å². The second-order valence-electron chi connectivity index (χ2n) is 12.0. The third kappa shape index (κ3) is 4.24. The summed E-state index contributed by atoms with van der Waals surface area (Å²) in [7, 11) is 0. The van der Waals surface area contributed by atoms with Crippen molar-refractivity contribution in [2.75, 3.05) is 4.90 Å². The van der Waals surface area contributed by atoms with Gasteiger partial charge in [0.25, 0.3) is 11.8 Å². The van der Waals surface area contributed by atoms with Crippen molar-refractivity contribution in [1.82, 2.24) is 4.57 Å². The molecule has 8 aromatic rings. The number of rotatable bonds is 5. The van der Waals surface area contributed by atoms with Crippen LogP contribution in [-0.4, -0.2) is 16.4 Å². The Hall–Kier alpha value is -6.52. The van der Waals surface area contributed by atoms with E-state index < -0.39 is 0 Å². The molecule has 0 saturated carbocycles. The van der Waals surface area contributed by atoms with Crippen LogP contribution in [0.2, 0.25) is 0 Å². The molecule has 2 amide bonds. The normalized spacial score (nSPS) is 12.6. The van der Waals surface area contributed by atoms with Crippen molar-refractivity contribution in [1.29, 1.82) is 0 Å². The fourth-order valence-electron chi connectivity index (χ4n) is 7.18. The summed E-state index contributed by atoms with van der Waals surface area (Å²) in [4.78, 5) is 29.9. The Kier molecular flexibility index (Phi) is 6.41. The predicted octanol–water partition coefficient (Wildman–Crippen LogP) is 10.6.